The van der Waals surface area contributed by atoms with E-state index in [1.807, 2.05) is 0 Å². The number of hydrogen-bond acceptors (Lipinski definition) is 2. The molecule has 0 saturated carbocycles. The first-order valence-electron chi connectivity index (χ1n) is 3.39. The number of halogens is 5. The van der Waals surface area contributed by atoms with Crippen LogP contribution in [-0.2, 0) is 0 Å². The van der Waals surface area contributed by atoms with Crippen LogP contribution >= 0.6 is 22.6 Å². The average molecular weight is 321 g/mol. The van der Waals surface area contributed by atoms with Crippen molar-refractivity contribution >= 4 is 22.6 Å². The van der Waals surface area contributed by atoms with Gasteiger partial charge in [0.2, 0.25) is 5.88 Å². The molecule has 1 aromatic heterocycles. The molecule has 0 amide bonds. The molecule has 0 aliphatic carbocycles. The third-order valence-corrected chi connectivity index (χ3v) is 1.99. The lowest BCUT2D eigenvalue weighted by molar-refractivity contribution is -0.154. The number of pyridine rings is 1. The van der Waals surface area contributed by atoms with E-state index in [9.17, 15) is 17.6 Å². The minimum absolute atomic E-state index is 0.162. The molecule has 1 heterocycles. The van der Waals surface area contributed by atoms with Crippen molar-refractivity contribution in [2.45, 2.75) is 6.18 Å². The molecule has 0 fully saturated rings. The van der Waals surface area contributed by atoms with Gasteiger partial charge in [0.05, 0.1) is 9.77 Å². The van der Waals surface area contributed by atoms with E-state index in [0.29, 0.717) is 0 Å². The maximum Gasteiger partial charge on any atom is 0.422 e. The highest BCUT2D eigenvalue weighted by atomic mass is 127. The first kappa shape index (κ1) is 11.5. The summed E-state index contributed by atoms with van der Waals surface area (Å²) >= 11 is 1.63. The Morgan fingerprint density at radius 3 is 2.57 bits per heavy atom. The lowest BCUT2D eigenvalue weighted by atomic mass is 10.5. The monoisotopic (exact) mass is 321 g/mol. The Hall–Kier alpha value is -0.600. The van der Waals surface area contributed by atoms with Gasteiger partial charge < -0.3 is 4.74 Å². The fourth-order valence-electron chi connectivity index (χ4n) is 0.631. The zero-order chi connectivity index (χ0) is 10.8. The van der Waals surface area contributed by atoms with E-state index < -0.39 is 18.6 Å². The highest BCUT2D eigenvalue weighted by molar-refractivity contribution is 14.1. The Morgan fingerprint density at radius 2 is 2.07 bits per heavy atom. The maximum absolute atomic E-state index is 12.6. The van der Waals surface area contributed by atoms with Crippen molar-refractivity contribution in [2.24, 2.45) is 0 Å². The normalized spacial score (nSPS) is 11.5. The number of aromatic nitrogens is 1. The molecule has 0 saturated heterocycles. The van der Waals surface area contributed by atoms with Crippen LogP contribution in [0.5, 0.6) is 5.88 Å². The van der Waals surface area contributed by atoms with E-state index in [4.69, 9.17) is 0 Å². The van der Waals surface area contributed by atoms with E-state index in [1.54, 1.807) is 22.6 Å². The summed E-state index contributed by atoms with van der Waals surface area (Å²) in [5.41, 5.74) is 0. The molecule has 14 heavy (non-hydrogen) atoms. The van der Waals surface area contributed by atoms with Gasteiger partial charge in [-0.25, -0.2) is 9.37 Å². The predicted molar refractivity (Wildman–Crippen MR) is 48.5 cm³/mol. The average Bonchev–Trinajstić information content (AvgIpc) is 2.06. The lowest BCUT2D eigenvalue weighted by Crippen LogP contribution is -2.19. The molecule has 1 rings (SSSR count). The first-order valence-corrected chi connectivity index (χ1v) is 4.47. The van der Waals surface area contributed by atoms with Crippen LogP contribution in [0.25, 0.3) is 0 Å². The molecule has 0 spiro atoms. The van der Waals surface area contributed by atoms with Gasteiger partial charge in [-0.2, -0.15) is 13.2 Å². The summed E-state index contributed by atoms with van der Waals surface area (Å²) in [6.45, 7) is -1.43. The van der Waals surface area contributed by atoms with E-state index in [1.165, 1.54) is 0 Å². The van der Waals surface area contributed by atoms with Crippen molar-refractivity contribution in [3.05, 3.63) is 21.7 Å². The van der Waals surface area contributed by atoms with Gasteiger partial charge in [0.15, 0.2) is 12.4 Å². The minimum Gasteiger partial charge on any atom is -0.468 e. The number of ether oxygens (including phenoxy) is 1. The van der Waals surface area contributed by atoms with Crippen LogP contribution < -0.4 is 4.74 Å². The highest BCUT2D eigenvalue weighted by Crippen LogP contribution is 2.19. The molecular weight excluding hydrogens is 317 g/mol. The van der Waals surface area contributed by atoms with Crippen LogP contribution in [0.2, 0.25) is 0 Å². The van der Waals surface area contributed by atoms with Crippen LogP contribution in [0.4, 0.5) is 17.6 Å². The van der Waals surface area contributed by atoms with Crippen LogP contribution in [-0.4, -0.2) is 17.8 Å². The smallest absolute Gasteiger partial charge is 0.422 e. The molecule has 0 aliphatic rings. The molecular formula is C7H4F4INO. The molecule has 0 unspecified atom stereocenters. The van der Waals surface area contributed by atoms with Gasteiger partial charge in [-0.05, 0) is 22.6 Å². The van der Waals surface area contributed by atoms with Gasteiger partial charge in [0.1, 0.15) is 0 Å². The SMILES string of the molecule is Fc1cnc(OCC(F)(F)F)cc1I. The molecule has 0 N–H and O–H groups in total. The predicted octanol–water partition coefficient (Wildman–Crippen LogP) is 2.77. The van der Waals surface area contributed by atoms with Gasteiger partial charge in [-0.15, -0.1) is 0 Å². The number of rotatable bonds is 2. The van der Waals surface area contributed by atoms with Gasteiger partial charge in [0, 0.05) is 6.07 Å². The summed E-state index contributed by atoms with van der Waals surface area (Å²) in [4.78, 5) is 3.34. The third kappa shape index (κ3) is 3.64. The summed E-state index contributed by atoms with van der Waals surface area (Å²) in [6.07, 6.45) is -3.60. The molecule has 2 nitrogen and oxygen atoms in total. The van der Waals surface area contributed by atoms with Crippen molar-refractivity contribution in [3.8, 4) is 5.88 Å². The van der Waals surface area contributed by atoms with E-state index >= 15 is 0 Å². The molecule has 7 heteroatoms. The van der Waals surface area contributed by atoms with Crippen molar-refractivity contribution in [1.82, 2.24) is 4.98 Å². The number of alkyl halides is 3. The second kappa shape index (κ2) is 4.28. The van der Waals surface area contributed by atoms with E-state index in [2.05, 4.69) is 9.72 Å². The summed E-state index contributed by atoms with van der Waals surface area (Å²) in [5.74, 6) is -0.835. The molecule has 0 radical (unpaired) electrons. The summed E-state index contributed by atoms with van der Waals surface area (Å²) in [7, 11) is 0. The third-order valence-electron chi connectivity index (χ3n) is 1.17. The Labute approximate surface area is 90.4 Å². The molecule has 0 aromatic carbocycles. The number of nitrogens with zero attached hydrogens (tertiary/aromatic N) is 1. The van der Waals surface area contributed by atoms with Crippen molar-refractivity contribution < 1.29 is 22.3 Å². The summed E-state index contributed by atoms with van der Waals surface area (Å²) in [6, 6.07) is 1.10. The second-order valence-corrected chi connectivity index (χ2v) is 3.50. The highest BCUT2D eigenvalue weighted by Gasteiger charge is 2.28. The summed E-state index contributed by atoms with van der Waals surface area (Å²) < 4.78 is 52.2. The number of hydrogen-bond donors (Lipinski definition) is 0. The largest absolute Gasteiger partial charge is 0.468 e. The Kier molecular flexibility index (Phi) is 3.51. The second-order valence-electron chi connectivity index (χ2n) is 2.34. The quantitative estimate of drug-likeness (QED) is 0.617. The van der Waals surface area contributed by atoms with Gasteiger partial charge in [-0.3, -0.25) is 0 Å². The van der Waals surface area contributed by atoms with Crippen LogP contribution in [0.1, 0.15) is 0 Å². The zero-order valence-electron chi connectivity index (χ0n) is 6.61. The zero-order valence-corrected chi connectivity index (χ0v) is 8.76. The Morgan fingerprint density at radius 1 is 1.43 bits per heavy atom. The standard InChI is InChI=1S/C7H4F4INO/c8-4-2-13-6(1-5(4)12)14-3-7(9,10)11/h1-2H,3H2. The lowest BCUT2D eigenvalue weighted by Gasteiger charge is -2.08. The molecule has 1 aromatic rings. The van der Waals surface area contributed by atoms with Gasteiger partial charge in [-0.1, -0.05) is 0 Å². The van der Waals surface area contributed by atoms with Gasteiger partial charge in [0.25, 0.3) is 0 Å². The maximum atomic E-state index is 12.6. The van der Waals surface area contributed by atoms with Crippen molar-refractivity contribution in [1.29, 1.82) is 0 Å². The van der Waals surface area contributed by atoms with Crippen molar-refractivity contribution in [2.75, 3.05) is 6.61 Å². The van der Waals surface area contributed by atoms with Gasteiger partial charge >= 0.3 is 6.18 Å². The van der Waals surface area contributed by atoms with Crippen LogP contribution in [0.3, 0.4) is 0 Å². The molecule has 0 atom stereocenters. The van der Waals surface area contributed by atoms with E-state index in [0.717, 1.165) is 12.3 Å². The molecule has 0 aliphatic heterocycles. The minimum atomic E-state index is -4.42. The van der Waals surface area contributed by atoms with E-state index in [-0.39, 0.29) is 9.45 Å². The summed E-state index contributed by atoms with van der Waals surface area (Å²) in [5, 5.41) is 0. The fourth-order valence-corrected chi connectivity index (χ4v) is 1.04. The van der Waals surface area contributed by atoms with Crippen molar-refractivity contribution in [3.63, 3.8) is 0 Å². The topological polar surface area (TPSA) is 22.1 Å². The van der Waals surface area contributed by atoms with Crippen LogP contribution in [0, 0.1) is 9.39 Å². The van der Waals surface area contributed by atoms with Crippen LogP contribution in [0.15, 0.2) is 12.3 Å². The molecule has 78 valence electrons. The first-order chi connectivity index (χ1) is 6.38. The Balaban J connectivity index is 2.65. The molecule has 0 bridgehead atoms. The fraction of sp³-hybridized carbons (Fsp3) is 0.286. The Bertz CT molecular complexity index is 328.